The third-order valence-electron chi connectivity index (χ3n) is 5.90. The number of likely N-dealkylation sites (tertiary alicyclic amines) is 1. The van der Waals surface area contributed by atoms with Crippen LogP contribution < -0.4 is 5.32 Å². The largest absolute Gasteiger partial charge is 0.384 e. The highest BCUT2D eigenvalue weighted by Crippen LogP contribution is 2.38. The van der Waals surface area contributed by atoms with Crippen molar-refractivity contribution in [2.75, 3.05) is 32.1 Å². The average molecular weight is 381 g/mol. The van der Waals surface area contributed by atoms with Crippen LogP contribution in [0.2, 0.25) is 0 Å². The Bertz CT molecular complexity index is 765. The first kappa shape index (κ1) is 20.6. The van der Waals surface area contributed by atoms with Crippen molar-refractivity contribution in [1.82, 2.24) is 4.90 Å². The Balaban J connectivity index is 1.80. The van der Waals surface area contributed by atoms with Crippen LogP contribution in [0.3, 0.4) is 0 Å². The van der Waals surface area contributed by atoms with Crippen LogP contribution in [0.1, 0.15) is 37.8 Å². The number of piperidine rings is 1. The average Bonchev–Trinajstić information content (AvgIpc) is 2.69. The summed E-state index contributed by atoms with van der Waals surface area (Å²) in [7, 11) is 1.78. The number of benzene rings is 2. The SMILES string of the molecule is COCC1(c2ccccc2CC(=O)Nc2ccccc2)CCN(C(C)C)CC1. The van der Waals surface area contributed by atoms with Gasteiger partial charge >= 0.3 is 0 Å². The van der Waals surface area contributed by atoms with Crippen molar-refractivity contribution in [3.63, 3.8) is 0 Å². The summed E-state index contributed by atoms with van der Waals surface area (Å²) in [6, 6.07) is 18.6. The highest BCUT2D eigenvalue weighted by atomic mass is 16.5. The molecule has 2 aromatic carbocycles. The molecule has 1 N–H and O–H groups in total. The molecule has 0 bridgehead atoms. The van der Waals surface area contributed by atoms with E-state index in [1.165, 1.54) is 5.56 Å². The van der Waals surface area contributed by atoms with E-state index in [0.29, 0.717) is 19.1 Å². The molecule has 1 aliphatic rings. The van der Waals surface area contributed by atoms with E-state index in [-0.39, 0.29) is 11.3 Å². The molecule has 4 heteroatoms. The number of carbonyl (C=O) groups is 1. The van der Waals surface area contributed by atoms with Crippen LogP contribution in [-0.2, 0) is 21.4 Å². The number of methoxy groups -OCH3 is 1. The second-order valence-corrected chi connectivity index (χ2v) is 8.09. The van der Waals surface area contributed by atoms with E-state index in [1.807, 2.05) is 36.4 Å². The lowest BCUT2D eigenvalue weighted by atomic mass is 9.71. The first-order valence-electron chi connectivity index (χ1n) is 10.2. The van der Waals surface area contributed by atoms with Crippen LogP contribution in [0.4, 0.5) is 5.69 Å². The van der Waals surface area contributed by atoms with Crippen molar-refractivity contribution in [2.24, 2.45) is 0 Å². The number of amides is 1. The Kier molecular flexibility index (Phi) is 6.87. The minimum absolute atomic E-state index is 0.0193. The molecule has 0 aliphatic carbocycles. The number of hydrogen-bond acceptors (Lipinski definition) is 3. The quantitative estimate of drug-likeness (QED) is 0.780. The van der Waals surface area contributed by atoms with Gasteiger partial charge in [0.05, 0.1) is 13.0 Å². The molecule has 0 atom stereocenters. The van der Waals surface area contributed by atoms with Crippen LogP contribution >= 0.6 is 0 Å². The second kappa shape index (κ2) is 9.35. The van der Waals surface area contributed by atoms with Crippen LogP contribution in [0.15, 0.2) is 54.6 Å². The van der Waals surface area contributed by atoms with Gasteiger partial charge in [-0.25, -0.2) is 0 Å². The minimum atomic E-state index is -0.0240. The second-order valence-electron chi connectivity index (χ2n) is 8.09. The number of carbonyl (C=O) groups excluding carboxylic acids is 1. The summed E-state index contributed by atoms with van der Waals surface area (Å²) in [6.07, 6.45) is 2.48. The van der Waals surface area contributed by atoms with Crippen LogP contribution in [0, 0.1) is 0 Å². The molecule has 1 amide bonds. The third-order valence-corrected chi connectivity index (χ3v) is 5.90. The fraction of sp³-hybridized carbons (Fsp3) is 0.458. The molecule has 1 heterocycles. The van der Waals surface area contributed by atoms with Crippen molar-refractivity contribution >= 4 is 11.6 Å². The number of para-hydroxylation sites is 1. The lowest BCUT2D eigenvalue weighted by Gasteiger charge is -2.44. The number of rotatable bonds is 7. The molecule has 1 fully saturated rings. The van der Waals surface area contributed by atoms with Gasteiger partial charge in [0, 0.05) is 24.3 Å². The topological polar surface area (TPSA) is 41.6 Å². The summed E-state index contributed by atoms with van der Waals surface area (Å²) >= 11 is 0. The molecule has 3 rings (SSSR count). The van der Waals surface area contributed by atoms with Gasteiger partial charge in [0.1, 0.15) is 0 Å². The van der Waals surface area contributed by atoms with Crippen molar-refractivity contribution in [3.8, 4) is 0 Å². The molecular weight excluding hydrogens is 348 g/mol. The summed E-state index contributed by atoms with van der Waals surface area (Å²) in [6.45, 7) is 7.32. The molecule has 28 heavy (non-hydrogen) atoms. The molecule has 0 radical (unpaired) electrons. The molecule has 4 nitrogen and oxygen atoms in total. The van der Waals surface area contributed by atoms with Gasteiger partial charge < -0.3 is 15.0 Å². The number of anilines is 1. The standard InChI is InChI=1S/C24H32N2O2/c1-19(2)26-15-13-24(14-16-26,18-28-3)22-12-8-7-9-20(22)17-23(27)25-21-10-5-4-6-11-21/h4-12,19H,13-18H2,1-3H3,(H,25,27). The van der Waals surface area contributed by atoms with Gasteiger partial charge in [-0.1, -0.05) is 42.5 Å². The molecule has 1 aliphatic heterocycles. The Hall–Kier alpha value is -2.17. The van der Waals surface area contributed by atoms with Crippen molar-refractivity contribution in [1.29, 1.82) is 0 Å². The van der Waals surface area contributed by atoms with Gasteiger partial charge in [0.25, 0.3) is 0 Å². The number of nitrogens with zero attached hydrogens (tertiary/aromatic N) is 1. The van der Waals surface area contributed by atoms with Gasteiger partial charge in [-0.15, -0.1) is 0 Å². The van der Waals surface area contributed by atoms with Gasteiger partial charge in [-0.2, -0.15) is 0 Å². The van der Waals surface area contributed by atoms with E-state index >= 15 is 0 Å². The summed E-state index contributed by atoms with van der Waals surface area (Å²) < 4.78 is 5.67. The Morgan fingerprint density at radius 1 is 1.07 bits per heavy atom. The van der Waals surface area contributed by atoms with Crippen molar-refractivity contribution < 1.29 is 9.53 Å². The fourth-order valence-corrected chi connectivity index (χ4v) is 4.33. The van der Waals surface area contributed by atoms with E-state index in [1.54, 1.807) is 7.11 Å². The van der Waals surface area contributed by atoms with E-state index in [2.05, 4.69) is 42.3 Å². The molecule has 2 aromatic rings. The zero-order valence-corrected chi connectivity index (χ0v) is 17.3. The maximum atomic E-state index is 12.7. The predicted octanol–water partition coefficient (Wildman–Crippen LogP) is 4.26. The lowest BCUT2D eigenvalue weighted by Crippen LogP contribution is -2.47. The zero-order valence-electron chi connectivity index (χ0n) is 17.3. The molecular formula is C24H32N2O2. The monoisotopic (exact) mass is 380 g/mol. The highest BCUT2D eigenvalue weighted by molar-refractivity contribution is 5.92. The van der Waals surface area contributed by atoms with Crippen LogP contribution in [-0.4, -0.2) is 43.7 Å². The van der Waals surface area contributed by atoms with Crippen LogP contribution in [0.25, 0.3) is 0 Å². The summed E-state index contributed by atoms with van der Waals surface area (Å²) in [4.78, 5) is 15.2. The highest BCUT2D eigenvalue weighted by Gasteiger charge is 2.38. The third kappa shape index (κ3) is 4.81. The summed E-state index contributed by atoms with van der Waals surface area (Å²) in [5, 5.41) is 3.01. The number of nitrogens with one attached hydrogen (secondary N) is 1. The van der Waals surface area contributed by atoms with Crippen LogP contribution in [0.5, 0.6) is 0 Å². The lowest BCUT2D eigenvalue weighted by molar-refractivity contribution is -0.115. The van der Waals surface area contributed by atoms with E-state index < -0.39 is 0 Å². The van der Waals surface area contributed by atoms with Gasteiger partial charge in [-0.3, -0.25) is 4.79 Å². The van der Waals surface area contributed by atoms with E-state index in [4.69, 9.17) is 4.74 Å². The predicted molar refractivity (Wildman–Crippen MR) is 115 cm³/mol. The molecule has 0 aromatic heterocycles. The summed E-state index contributed by atoms with van der Waals surface area (Å²) in [5.41, 5.74) is 3.18. The van der Waals surface area contributed by atoms with E-state index in [0.717, 1.165) is 37.2 Å². The van der Waals surface area contributed by atoms with Gasteiger partial charge in [0.2, 0.25) is 5.91 Å². The molecule has 0 saturated carbocycles. The minimum Gasteiger partial charge on any atom is -0.384 e. The van der Waals surface area contributed by atoms with Crippen molar-refractivity contribution in [3.05, 3.63) is 65.7 Å². The smallest absolute Gasteiger partial charge is 0.228 e. The molecule has 1 saturated heterocycles. The molecule has 0 unspecified atom stereocenters. The Labute approximate surface area is 168 Å². The molecule has 150 valence electrons. The first-order chi connectivity index (χ1) is 13.5. The zero-order chi connectivity index (χ0) is 20.0. The van der Waals surface area contributed by atoms with Gasteiger partial charge in [-0.05, 0) is 63.0 Å². The maximum absolute atomic E-state index is 12.7. The number of ether oxygens (including phenoxy) is 1. The number of hydrogen-bond donors (Lipinski definition) is 1. The Morgan fingerprint density at radius 2 is 1.71 bits per heavy atom. The van der Waals surface area contributed by atoms with Crippen molar-refractivity contribution in [2.45, 2.75) is 44.6 Å². The molecule has 0 spiro atoms. The summed E-state index contributed by atoms with van der Waals surface area (Å²) in [5.74, 6) is 0.0193. The normalized spacial score (nSPS) is 16.9. The first-order valence-corrected chi connectivity index (χ1v) is 10.2. The van der Waals surface area contributed by atoms with E-state index in [9.17, 15) is 4.79 Å². The fourth-order valence-electron chi connectivity index (χ4n) is 4.33. The Morgan fingerprint density at radius 3 is 2.36 bits per heavy atom. The maximum Gasteiger partial charge on any atom is 0.228 e. The van der Waals surface area contributed by atoms with Gasteiger partial charge in [0.15, 0.2) is 0 Å².